The van der Waals surface area contributed by atoms with Gasteiger partial charge in [-0.15, -0.1) is 0 Å². The van der Waals surface area contributed by atoms with Crippen LogP contribution in [0.5, 0.6) is 0 Å². The maximum atomic E-state index is 3.87. The Hall–Kier alpha value is -5.46. The van der Waals surface area contributed by atoms with Crippen LogP contribution in [0.3, 0.4) is 0 Å². The molecule has 0 heterocycles. The van der Waals surface area contributed by atoms with E-state index in [-0.39, 0.29) is 0 Å². The van der Waals surface area contributed by atoms with Crippen molar-refractivity contribution in [3.8, 4) is 22.3 Å². The lowest BCUT2D eigenvalue weighted by Gasteiger charge is -2.16. The van der Waals surface area contributed by atoms with Gasteiger partial charge in [0.25, 0.3) is 0 Å². The smallest absolute Gasteiger partial charge is 0.00141 e. The molecule has 0 unspecified atom stereocenters. The van der Waals surface area contributed by atoms with Crippen molar-refractivity contribution in [2.75, 3.05) is 0 Å². The van der Waals surface area contributed by atoms with E-state index in [1.54, 1.807) is 0 Å². The monoisotopic (exact) mass is 571 g/mol. The number of rotatable bonds is 3. The predicted molar refractivity (Wildman–Crippen MR) is 195 cm³/mol. The highest BCUT2D eigenvalue weighted by Gasteiger charge is 2.14. The number of hydrogen-bond acceptors (Lipinski definition) is 0. The summed E-state index contributed by atoms with van der Waals surface area (Å²) in [4.78, 5) is 0. The van der Waals surface area contributed by atoms with Crippen molar-refractivity contribution in [2.24, 2.45) is 0 Å². The zero-order valence-corrected chi connectivity index (χ0v) is 25.4. The van der Waals surface area contributed by atoms with Crippen molar-refractivity contribution in [1.82, 2.24) is 0 Å². The van der Waals surface area contributed by atoms with Gasteiger partial charge in [-0.2, -0.15) is 0 Å². The van der Waals surface area contributed by atoms with E-state index in [1.165, 1.54) is 81.3 Å². The molecule has 0 saturated carbocycles. The maximum absolute atomic E-state index is 3.87. The van der Waals surface area contributed by atoms with Crippen molar-refractivity contribution >= 4 is 64.6 Å². The van der Waals surface area contributed by atoms with Gasteiger partial charge < -0.3 is 0 Å². The molecule has 0 atom stereocenters. The largest absolute Gasteiger partial charge is 0.0616 e. The molecular formula is C45H31. The first-order valence-corrected chi connectivity index (χ1v) is 15.9. The van der Waals surface area contributed by atoms with E-state index >= 15 is 0 Å². The summed E-state index contributed by atoms with van der Waals surface area (Å²) in [5.74, 6) is 0.396. The Kier molecular flexibility index (Phi) is 5.80. The van der Waals surface area contributed by atoms with Crippen LogP contribution in [0.4, 0.5) is 0 Å². The zero-order valence-electron chi connectivity index (χ0n) is 25.4. The van der Waals surface area contributed by atoms with Crippen LogP contribution in [0.15, 0.2) is 146 Å². The van der Waals surface area contributed by atoms with Gasteiger partial charge >= 0.3 is 0 Å². The molecule has 0 saturated heterocycles. The Bertz CT molecular complexity index is 2370. The zero-order chi connectivity index (χ0) is 30.1. The molecule has 0 amide bonds. The van der Waals surface area contributed by atoms with Crippen molar-refractivity contribution in [3.63, 3.8) is 0 Å². The summed E-state index contributed by atoms with van der Waals surface area (Å²) in [5.41, 5.74) is 6.00. The van der Waals surface area contributed by atoms with Crippen LogP contribution in [0.1, 0.15) is 25.3 Å². The molecule has 45 heavy (non-hydrogen) atoms. The van der Waals surface area contributed by atoms with Gasteiger partial charge in [-0.25, -0.2) is 0 Å². The van der Waals surface area contributed by atoms with Gasteiger partial charge in [0.15, 0.2) is 0 Å². The first-order valence-electron chi connectivity index (χ1n) is 15.9. The summed E-state index contributed by atoms with van der Waals surface area (Å²) in [6.07, 6.45) is 0. The van der Waals surface area contributed by atoms with E-state index in [9.17, 15) is 0 Å². The van der Waals surface area contributed by atoms with Crippen molar-refractivity contribution < 1.29 is 0 Å². The summed E-state index contributed by atoms with van der Waals surface area (Å²) in [5, 5.41) is 15.6. The highest BCUT2D eigenvalue weighted by molar-refractivity contribution is 6.27. The van der Waals surface area contributed by atoms with Crippen LogP contribution in [-0.2, 0) is 0 Å². The van der Waals surface area contributed by atoms with Crippen LogP contribution in [0, 0.1) is 6.07 Å². The SMILES string of the molecule is CC(C)c1cc(-c2ccc3c4ccccc4c4ccccc4c3c2)[c]c(-c2ccc3c4ccccc4c4ccccc4c3c2)c1. The molecule has 1 radical (unpaired) electrons. The normalized spacial score (nSPS) is 12.0. The van der Waals surface area contributed by atoms with Crippen LogP contribution in [0.25, 0.3) is 86.9 Å². The predicted octanol–water partition coefficient (Wildman–Crippen LogP) is 12.9. The number of fused-ring (bicyclic) bond motifs is 12. The fraction of sp³-hybridized carbons (Fsp3) is 0.0667. The van der Waals surface area contributed by atoms with E-state index in [1.807, 2.05) is 0 Å². The van der Waals surface area contributed by atoms with Gasteiger partial charge in [0.05, 0.1) is 0 Å². The third kappa shape index (κ3) is 4.06. The standard InChI is InChI=1S/C45H31/c1-28(2)31-23-32(29-19-21-42-38-15-5-3-11-34(38)36-13-7-9-17-40(36)44(42)26-29)25-33(24-31)30-20-22-43-39-16-6-4-12-35(39)37-14-8-10-18-41(37)45(43)27-30/h3-24,26-28H,1-2H3. The van der Waals surface area contributed by atoms with Crippen molar-refractivity contribution in [2.45, 2.75) is 19.8 Å². The third-order valence-electron chi connectivity index (χ3n) is 9.67. The highest BCUT2D eigenvalue weighted by Crippen LogP contribution is 2.40. The van der Waals surface area contributed by atoms with Crippen molar-refractivity contribution in [1.29, 1.82) is 0 Å². The molecule has 211 valence electrons. The van der Waals surface area contributed by atoms with E-state index in [2.05, 4.69) is 166 Å². The molecule has 0 bridgehead atoms. The van der Waals surface area contributed by atoms with Gasteiger partial charge in [-0.3, -0.25) is 0 Å². The van der Waals surface area contributed by atoms with Crippen LogP contribution < -0.4 is 0 Å². The lowest BCUT2D eigenvalue weighted by atomic mass is 9.88. The van der Waals surface area contributed by atoms with E-state index in [4.69, 9.17) is 0 Å². The second-order valence-electron chi connectivity index (χ2n) is 12.6. The fourth-order valence-corrected chi connectivity index (χ4v) is 7.39. The molecule has 0 aromatic heterocycles. The molecule has 9 rings (SSSR count). The van der Waals surface area contributed by atoms with Crippen LogP contribution in [0.2, 0.25) is 0 Å². The molecule has 0 aliphatic heterocycles. The summed E-state index contributed by atoms with van der Waals surface area (Å²) >= 11 is 0. The molecular weight excluding hydrogens is 540 g/mol. The molecule has 0 nitrogen and oxygen atoms in total. The average molecular weight is 572 g/mol. The summed E-state index contributed by atoms with van der Waals surface area (Å²) in [6, 6.07) is 57.7. The second-order valence-corrected chi connectivity index (χ2v) is 12.6. The topological polar surface area (TPSA) is 0 Å². The minimum absolute atomic E-state index is 0.396. The molecule has 9 aromatic carbocycles. The minimum Gasteiger partial charge on any atom is -0.0616 e. The van der Waals surface area contributed by atoms with Gasteiger partial charge in [-0.1, -0.05) is 147 Å². The summed E-state index contributed by atoms with van der Waals surface area (Å²) in [6.45, 7) is 4.56. The molecule has 0 spiro atoms. The van der Waals surface area contributed by atoms with Gasteiger partial charge in [-0.05, 0) is 117 Å². The Labute approximate surface area is 263 Å². The van der Waals surface area contributed by atoms with E-state index in [0.29, 0.717) is 5.92 Å². The molecule has 9 aromatic rings. The van der Waals surface area contributed by atoms with Gasteiger partial charge in [0.1, 0.15) is 0 Å². The Balaban J connectivity index is 1.28. The highest BCUT2D eigenvalue weighted by atomic mass is 14.2. The number of benzene rings is 9. The Morgan fingerprint density at radius 3 is 0.933 bits per heavy atom. The van der Waals surface area contributed by atoms with Crippen LogP contribution in [-0.4, -0.2) is 0 Å². The summed E-state index contributed by atoms with van der Waals surface area (Å²) in [7, 11) is 0. The summed E-state index contributed by atoms with van der Waals surface area (Å²) < 4.78 is 0. The van der Waals surface area contributed by atoms with Crippen molar-refractivity contribution in [3.05, 3.63) is 157 Å². The van der Waals surface area contributed by atoms with Gasteiger partial charge in [0, 0.05) is 0 Å². The average Bonchev–Trinajstić information content (AvgIpc) is 3.11. The molecule has 0 N–H and O–H groups in total. The second kappa shape index (κ2) is 10.0. The molecule has 0 heteroatoms. The van der Waals surface area contributed by atoms with Gasteiger partial charge in [0.2, 0.25) is 0 Å². The Morgan fingerprint density at radius 2 is 0.622 bits per heavy atom. The number of hydrogen-bond donors (Lipinski definition) is 0. The third-order valence-corrected chi connectivity index (χ3v) is 9.67. The fourth-order valence-electron chi connectivity index (χ4n) is 7.39. The van der Waals surface area contributed by atoms with Crippen LogP contribution >= 0.6 is 0 Å². The lowest BCUT2D eigenvalue weighted by Crippen LogP contribution is -1.92. The first-order chi connectivity index (χ1) is 22.1. The Morgan fingerprint density at radius 1 is 0.333 bits per heavy atom. The lowest BCUT2D eigenvalue weighted by molar-refractivity contribution is 0.867. The molecule has 0 aliphatic carbocycles. The van der Waals surface area contributed by atoms with E-state index in [0.717, 1.165) is 11.1 Å². The first kappa shape index (κ1) is 26.0. The maximum Gasteiger partial charge on any atom is -0.00141 e. The quantitative estimate of drug-likeness (QED) is 0.185. The van der Waals surface area contributed by atoms with E-state index < -0.39 is 0 Å². The molecule has 0 fully saturated rings. The molecule has 0 aliphatic rings. The minimum atomic E-state index is 0.396.